The second kappa shape index (κ2) is 6.87. The van der Waals surface area contributed by atoms with Gasteiger partial charge in [-0.1, -0.05) is 56.3 Å². The van der Waals surface area contributed by atoms with Crippen molar-refractivity contribution in [1.82, 2.24) is 9.38 Å². The third kappa shape index (κ3) is 2.42. The van der Waals surface area contributed by atoms with Gasteiger partial charge in [0.25, 0.3) is 5.56 Å². The number of hydrogen-bond acceptors (Lipinski definition) is 3. The van der Waals surface area contributed by atoms with Crippen molar-refractivity contribution in [2.45, 2.75) is 13.8 Å². The first-order valence-corrected chi connectivity index (χ1v) is 8.33. The van der Waals surface area contributed by atoms with E-state index in [2.05, 4.69) is 4.98 Å². The fraction of sp³-hybridized carbons (Fsp3) is 0.143. The van der Waals surface area contributed by atoms with E-state index in [9.17, 15) is 4.79 Å². The van der Waals surface area contributed by atoms with Gasteiger partial charge in [-0.2, -0.15) is 0 Å². The second-order valence-electron chi connectivity index (χ2n) is 5.27. The van der Waals surface area contributed by atoms with Crippen LogP contribution in [0.5, 0.6) is 0 Å². The fourth-order valence-corrected chi connectivity index (χ4v) is 3.24. The van der Waals surface area contributed by atoms with Crippen LogP contribution in [-0.2, 0) is 0 Å². The molecule has 0 fully saturated rings. The molecule has 0 radical (unpaired) electrons. The van der Waals surface area contributed by atoms with Crippen LogP contribution in [-0.4, -0.2) is 21.6 Å². The Morgan fingerprint density at radius 3 is 2.20 bits per heavy atom. The third-order valence-electron chi connectivity index (χ3n) is 4.14. The second-order valence-corrected chi connectivity index (χ2v) is 5.27. The molecule has 0 saturated carbocycles. The van der Waals surface area contributed by atoms with Gasteiger partial charge in [-0.25, -0.2) is 4.98 Å². The zero-order chi connectivity index (χ0) is 18.0. The maximum atomic E-state index is 12.9. The van der Waals surface area contributed by atoms with Crippen molar-refractivity contribution in [2.75, 3.05) is 7.11 Å². The number of aromatic nitrogens is 2. The lowest BCUT2D eigenvalue weighted by Crippen LogP contribution is -2.13. The summed E-state index contributed by atoms with van der Waals surface area (Å²) in [6, 6.07) is 19.7. The Labute approximate surface area is 145 Å². The molecule has 0 spiro atoms. The molecule has 126 valence electrons. The summed E-state index contributed by atoms with van der Waals surface area (Å²) in [6.45, 7) is 4.00. The predicted molar refractivity (Wildman–Crippen MR) is 105 cm³/mol. The SMILES string of the molecule is CC.CO.O=c1c2cccc3cccc(c32)c2nc3ccccc3n12. The minimum absolute atomic E-state index is 0.00278. The van der Waals surface area contributed by atoms with Crippen molar-refractivity contribution in [3.8, 4) is 0 Å². The van der Waals surface area contributed by atoms with Gasteiger partial charge in [0.1, 0.15) is 5.65 Å². The summed E-state index contributed by atoms with van der Waals surface area (Å²) in [7, 11) is 1.00. The molecular weight excluding hydrogens is 312 g/mol. The number of aliphatic hydroxyl groups is 1. The van der Waals surface area contributed by atoms with E-state index in [1.54, 1.807) is 4.40 Å². The van der Waals surface area contributed by atoms with E-state index in [0.717, 1.165) is 45.3 Å². The van der Waals surface area contributed by atoms with Gasteiger partial charge in [0.15, 0.2) is 0 Å². The number of aliphatic hydroxyl groups excluding tert-OH is 1. The van der Waals surface area contributed by atoms with E-state index >= 15 is 0 Å². The molecule has 2 heterocycles. The summed E-state index contributed by atoms with van der Waals surface area (Å²) in [5, 5.41) is 10.9. The number of imidazole rings is 1. The number of fused-ring (bicyclic) bond motifs is 4. The van der Waals surface area contributed by atoms with Gasteiger partial charge in [0.05, 0.1) is 11.0 Å². The molecule has 5 rings (SSSR count). The highest BCUT2D eigenvalue weighted by Crippen LogP contribution is 2.29. The van der Waals surface area contributed by atoms with E-state index in [0.29, 0.717) is 0 Å². The summed E-state index contributed by atoms with van der Waals surface area (Å²) >= 11 is 0. The standard InChI is InChI=1S/C18H10N2O.C2H6.CH4O/c21-18-13-8-4-6-11-5-3-7-12(16(11)13)17-19-14-9-1-2-10-15(14)20(17)18;2*1-2/h1-10H;1-2H3;2H,1H3. The summed E-state index contributed by atoms with van der Waals surface area (Å²) in [6.07, 6.45) is 0. The minimum atomic E-state index is 0.00278. The molecule has 1 N–H and O–H groups in total. The summed E-state index contributed by atoms with van der Waals surface area (Å²) < 4.78 is 1.73. The normalized spacial score (nSPS) is 10.6. The van der Waals surface area contributed by atoms with Crippen molar-refractivity contribution < 1.29 is 5.11 Å². The van der Waals surface area contributed by atoms with Crippen LogP contribution in [0.1, 0.15) is 13.8 Å². The van der Waals surface area contributed by atoms with Crippen LogP contribution in [0.3, 0.4) is 0 Å². The summed E-state index contributed by atoms with van der Waals surface area (Å²) in [5.41, 5.74) is 2.46. The first-order chi connectivity index (χ1) is 12.3. The molecule has 0 unspecified atom stereocenters. The Balaban J connectivity index is 0.000000428. The molecule has 0 saturated heterocycles. The molecular formula is C21H20N2O2. The van der Waals surface area contributed by atoms with E-state index in [1.807, 2.05) is 74.5 Å². The van der Waals surface area contributed by atoms with Crippen molar-refractivity contribution in [3.05, 3.63) is 71.0 Å². The Bertz CT molecular complexity index is 1200. The Morgan fingerprint density at radius 2 is 1.48 bits per heavy atom. The van der Waals surface area contributed by atoms with Gasteiger partial charge >= 0.3 is 0 Å². The molecule has 4 nitrogen and oxygen atoms in total. The number of rotatable bonds is 0. The zero-order valence-electron chi connectivity index (χ0n) is 14.5. The van der Waals surface area contributed by atoms with Gasteiger partial charge < -0.3 is 5.11 Å². The Morgan fingerprint density at radius 1 is 0.840 bits per heavy atom. The molecule has 0 amide bonds. The Kier molecular flexibility index (Phi) is 4.63. The van der Waals surface area contributed by atoms with Gasteiger partial charge in [-0.3, -0.25) is 9.20 Å². The monoisotopic (exact) mass is 332 g/mol. The highest BCUT2D eigenvalue weighted by Gasteiger charge is 2.14. The maximum Gasteiger partial charge on any atom is 0.264 e. The largest absolute Gasteiger partial charge is 0.400 e. The average molecular weight is 332 g/mol. The van der Waals surface area contributed by atoms with Crippen LogP contribution in [0.15, 0.2) is 65.5 Å². The molecule has 0 aliphatic carbocycles. The maximum absolute atomic E-state index is 12.9. The lowest BCUT2D eigenvalue weighted by Gasteiger charge is -2.06. The van der Waals surface area contributed by atoms with Crippen LogP contribution in [0.4, 0.5) is 0 Å². The number of pyridine rings is 1. The number of hydrogen-bond donors (Lipinski definition) is 1. The fourth-order valence-electron chi connectivity index (χ4n) is 3.24. The molecule has 0 aliphatic heterocycles. The minimum Gasteiger partial charge on any atom is -0.400 e. The van der Waals surface area contributed by atoms with Crippen molar-refractivity contribution in [2.24, 2.45) is 0 Å². The summed E-state index contributed by atoms with van der Waals surface area (Å²) in [5.74, 6) is 0. The number of para-hydroxylation sites is 2. The predicted octanol–water partition coefficient (Wildman–Crippen LogP) is 4.23. The lowest BCUT2D eigenvalue weighted by molar-refractivity contribution is 0.399. The van der Waals surface area contributed by atoms with Gasteiger partial charge in [-0.05, 0) is 23.6 Å². The highest BCUT2D eigenvalue weighted by atomic mass is 16.2. The van der Waals surface area contributed by atoms with Crippen LogP contribution < -0.4 is 5.56 Å². The van der Waals surface area contributed by atoms with Gasteiger partial charge in [0, 0.05) is 23.3 Å². The average Bonchev–Trinajstić information content (AvgIpc) is 3.09. The van der Waals surface area contributed by atoms with E-state index in [-0.39, 0.29) is 5.56 Å². The first-order valence-electron chi connectivity index (χ1n) is 8.33. The van der Waals surface area contributed by atoms with Crippen LogP contribution in [0, 0.1) is 0 Å². The summed E-state index contributed by atoms with van der Waals surface area (Å²) in [4.78, 5) is 17.6. The molecule has 0 aliphatic rings. The van der Waals surface area contributed by atoms with Gasteiger partial charge in [0.2, 0.25) is 0 Å². The molecule has 4 heteroatoms. The van der Waals surface area contributed by atoms with Gasteiger partial charge in [-0.15, -0.1) is 0 Å². The molecule has 0 atom stereocenters. The molecule has 0 bridgehead atoms. The Hall–Kier alpha value is -2.98. The van der Waals surface area contributed by atoms with E-state index < -0.39 is 0 Å². The smallest absolute Gasteiger partial charge is 0.264 e. The van der Waals surface area contributed by atoms with Crippen LogP contribution in [0.25, 0.3) is 38.2 Å². The number of nitrogens with zero attached hydrogens (tertiary/aromatic N) is 2. The topological polar surface area (TPSA) is 54.6 Å². The van der Waals surface area contributed by atoms with Crippen molar-refractivity contribution >= 4 is 38.2 Å². The lowest BCUT2D eigenvalue weighted by atomic mass is 10.0. The first kappa shape index (κ1) is 16.9. The molecule has 5 aromatic rings. The molecule has 25 heavy (non-hydrogen) atoms. The molecule has 3 aromatic carbocycles. The van der Waals surface area contributed by atoms with Crippen molar-refractivity contribution in [3.63, 3.8) is 0 Å². The molecule has 2 aromatic heterocycles. The third-order valence-corrected chi connectivity index (χ3v) is 4.14. The van der Waals surface area contributed by atoms with Crippen LogP contribution in [0.2, 0.25) is 0 Å². The number of benzene rings is 3. The van der Waals surface area contributed by atoms with Crippen molar-refractivity contribution in [1.29, 1.82) is 0 Å². The zero-order valence-corrected chi connectivity index (χ0v) is 14.5. The van der Waals surface area contributed by atoms with E-state index in [1.165, 1.54) is 0 Å². The van der Waals surface area contributed by atoms with Crippen LogP contribution >= 0.6 is 0 Å². The van der Waals surface area contributed by atoms with E-state index in [4.69, 9.17) is 5.11 Å². The highest BCUT2D eigenvalue weighted by molar-refractivity contribution is 6.15. The quantitative estimate of drug-likeness (QED) is 0.462.